The maximum absolute atomic E-state index is 13.4. The summed E-state index contributed by atoms with van der Waals surface area (Å²) in [5, 5.41) is 9.29. The number of carbonyl (C=O) groups is 5. The number of nitrogens with one attached hydrogen (secondary N) is 4. The number of anilines is 1. The summed E-state index contributed by atoms with van der Waals surface area (Å²) in [5.74, 6) is -5.51. The monoisotopic (exact) mass is 568 g/mol. The Kier molecular flexibility index (Phi) is 9.22. The van der Waals surface area contributed by atoms with E-state index in [9.17, 15) is 45.9 Å². The van der Waals surface area contributed by atoms with Gasteiger partial charge in [0.15, 0.2) is 0 Å². The lowest BCUT2D eigenvalue weighted by Crippen LogP contribution is -2.48. The standard InChI is InChI=1S/C26H25F5N4O5/c1-12-8-15(23(38)33-12)11-19(20(36)25(40)32-2)35-24(39)17-10-13(21(27)28)6-7-18(17)34-22(37)14-4-3-5-16(9-14)26(29,30)31/h3-7,9-10,12,15,19,21H,8,11H2,1-2H3,(H,32,40)(H,33,38)(H,34,37)(H,35,39)/t12-,15+,19?/m1/s1. The fourth-order valence-corrected chi connectivity index (χ4v) is 4.22. The normalized spacial score (nSPS) is 17.6. The number of ketones is 1. The van der Waals surface area contributed by atoms with Crippen molar-refractivity contribution in [2.45, 2.75) is 44.5 Å². The van der Waals surface area contributed by atoms with Crippen molar-refractivity contribution in [1.29, 1.82) is 0 Å². The maximum atomic E-state index is 13.4. The molecule has 1 aliphatic rings. The third-order valence-electron chi connectivity index (χ3n) is 6.23. The number of carbonyl (C=O) groups excluding carboxylic acids is 5. The van der Waals surface area contributed by atoms with Gasteiger partial charge in [0, 0.05) is 30.1 Å². The average Bonchev–Trinajstić information content (AvgIpc) is 3.22. The van der Waals surface area contributed by atoms with Gasteiger partial charge in [-0.2, -0.15) is 13.2 Å². The topological polar surface area (TPSA) is 133 Å². The average molecular weight is 568 g/mol. The minimum atomic E-state index is -4.74. The second kappa shape index (κ2) is 12.2. The van der Waals surface area contributed by atoms with Crippen molar-refractivity contribution < 1.29 is 45.9 Å². The van der Waals surface area contributed by atoms with Gasteiger partial charge in [0.1, 0.15) is 0 Å². The Morgan fingerprint density at radius 3 is 2.33 bits per heavy atom. The molecule has 40 heavy (non-hydrogen) atoms. The quantitative estimate of drug-likeness (QED) is 0.272. The summed E-state index contributed by atoms with van der Waals surface area (Å²) in [4.78, 5) is 63.0. The Bertz CT molecular complexity index is 1330. The first-order valence-electron chi connectivity index (χ1n) is 12.0. The van der Waals surface area contributed by atoms with Gasteiger partial charge in [-0.25, -0.2) is 8.78 Å². The molecule has 1 heterocycles. The van der Waals surface area contributed by atoms with Crippen molar-refractivity contribution in [2.24, 2.45) is 5.92 Å². The number of hydrogen-bond acceptors (Lipinski definition) is 5. The molecule has 14 heteroatoms. The van der Waals surface area contributed by atoms with Crippen LogP contribution in [0, 0.1) is 5.92 Å². The highest BCUT2D eigenvalue weighted by molar-refractivity contribution is 6.38. The fourth-order valence-electron chi connectivity index (χ4n) is 4.22. The molecule has 1 saturated heterocycles. The number of amides is 4. The van der Waals surface area contributed by atoms with Crippen molar-refractivity contribution in [3.05, 3.63) is 64.7 Å². The number of rotatable bonds is 9. The molecule has 214 valence electrons. The molecule has 1 unspecified atom stereocenters. The second-order valence-electron chi connectivity index (χ2n) is 9.19. The van der Waals surface area contributed by atoms with Crippen molar-refractivity contribution in [3.8, 4) is 0 Å². The van der Waals surface area contributed by atoms with E-state index in [1.54, 1.807) is 6.92 Å². The van der Waals surface area contributed by atoms with Gasteiger partial charge >= 0.3 is 6.18 Å². The Labute approximate surface area is 224 Å². The molecule has 4 amide bonds. The molecule has 3 atom stereocenters. The summed E-state index contributed by atoms with van der Waals surface area (Å²) in [6, 6.07) is 4.28. The lowest BCUT2D eigenvalue weighted by Gasteiger charge is -2.21. The van der Waals surface area contributed by atoms with E-state index in [2.05, 4.69) is 21.3 Å². The van der Waals surface area contributed by atoms with Crippen LogP contribution in [0.25, 0.3) is 0 Å². The van der Waals surface area contributed by atoms with Crippen LogP contribution in [0.4, 0.5) is 27.6 Å². The molecule has 0 aliphatic carbocycles. The van der Waals surface area contributed by atoms with Gasteiger partial charge in [0.2, 0.25) is 11.7 Å². The minimum Gasteiger partial charge on any atom is -0.353 e. The van der Waals surface area contributed by atoms with Gasteiger partial charge in [-0.1, -0.05) is 12.1 Å². The highest BCUT2D eigenvalue weighted by Gasteiger charge is 2.36. The molecule has 0 bridgehead atoms. The van der Waals surface area contributed by atoms with Crippen LogP contribution in [0.2, 0.25) is 0 Å². The first-order chi connectivity index (χ1) is 18.7. The second-order valence-corrected chi connectivity index (χ2v) is 9.19. The number of likely N-dealkylation sites (N-methyl/N-ethyl adjacent to an activating group) is 1. The molecule has 9 nitrogen and oxygen atoms in total. The van der Waals surface area contributed by atoms with Crippen LogP contribution >= 0.6 is 0 Å². The predicted octanol–water partition coefficient (Wildman–Crippen LogP) is 3.22. The molecule has 0 spiro atoms. The molecule has 1 aliphatic heterocycles. The molecule has 2 aromatic carbocycles. The van der Waals surface area contributed by atoms with E-state index in [4.69, 9.17) is 0 Å². The van der Waals surface area contributed by atoms with Crippen LogP contribution < -0.4 is 21.3 Å². The van der Waals surface area contributed by atoms with Gasteiger partial charge in [-0.15, -0.1) is 0 Å². The molecule has 0 aromatic heterocycles. The molecular weight excluding hydrogens is 543 g/mol. The van der Waals surface area contributed by atoms with Crippen LogP contribution in [0.3, 0.4) is 0 Å². The fraction of sp³-hybridized carbons (Fsp3) is 0.346. The smallest absolute Gasteiger partial charge is 0.353 e. The van der Waals surface area contributed by atoms with E-state index in [0.29, 0.717) is 12.5 Å². The van der Waals surface area contributed by atoms with Gasteiger partial charge in [-0.3, -0.25) is 24.0 Å². The van der Waals surface area contributed by atoms with Gasteiger partial charge in [0.25, 0.3) is 24.1 Å². The summed E-state index contributed by atoms with van der Waals surface area (Å²) in [7, 11) is 1.18. The minimum absolute atomic E-state index is 0.218. The zero-order valence-electron chi connectivity index (χ0n) is 21.2. The third-order valence-corrected chi connectivity index (χ3v) is 6.23. The van der Waals surface area contributed by atoms with Crippen LogP contribution in [0.5, 0.6) is 0 Å². The van der Waals surface area contributed by atoms with E-state index in [1.807, 2.05) is 0 Å². The number of benzene rings is 2. The zero-order valence-corrected chi connectivity index (χ0v) is 21.2. The Morgan fingerprint density at radius 2 is 1.75 bits per heavy atom. The number of halogens is 5. The summed E-state index contributed by atoms with van der Waals surface area (Å²) in [5.41, 5.74) is -3.04. The molecule has 3 rings (SSSR count). The van der Waals surface area contributed by atoms with Crippen LogP contribution in [-0.4, -0.2) is 48.5 Å². The zero-order chi connectivity index (χ0) is 29.8. The summed E-state index contributed by atoms with van der Waals surface area (Å²) in [6.45, 7) is 1.72. The highest BCUT2D eigenvalue weighted by Crippen LogP contribution is 2.30. The predicted molar refractivity (Wildman–Crippen MR) is 131 cm³/mol. The molecule has 2 aromatic rings. The third kappa shape index (κ3) is 7.18. The highest BCUT2D eigenvalue weighted by atomic mass is 19.4. The first kappa shape index (κ1) is 30.2. The van der Waals surface area contributed by atoms with Gasteiger partial charge in [-0.05, 0) is 50.1 Å². The van der Waals surface area contributed by atoms with E-state index in [0.717, 1.165) is 36.4 Å². The van der Waals surface area contributed by atoms with Crippen molar-refractivity contribution in [2.75, 3.05) is 12.4 Å². The van der Waals surface area contributed by atoms with Gasteiger partial charge in [0.05, 0.1) is 22.9 Å². The van der Waals surface area contributed by atoms with Crippen LogP contribution in [-0.2, 0) is 20.6 Å². The molecule has 0 radical (unpaired) electrons. The number of Topliss-reactive ketones (excluding diaryl/α,β-unsaturated/α-hetero) is 1. The Morgan fingerprint density at radius 1 is 1.05 bits per heavy atom. The molecule has 1 fully saturated rings. The van der Waals surface area contributed by atoms with Crippen molar-refractivity contribution in [3.63, 3.8) is 0 Å². The maximum Gasteiger partial charge on any atom is 0.416 e. The van der Waals surface area contributed by atoms with E-state index >= 15 is 0 Å². The van der Waals surface area contributed by atoms with E-state index in [1.165, 1.54) is 7.05 Å². The first-order valence-corrected chi connectivity index (χ1v) is 12.0. The SMILES string of the molecule is CNC(=O)C(=O)C(C[C@@H]1C[C@@H](C)NC1=O)NC(=O)c1cc(C(F)F)ccc1NC(=O)c1cccc(C(F)(F)F)c1. The van der Waals surface area contributed by atoms with E-state index in [-0.39, 0.29) is 18.2 Å². The van der Waals surface area contributed by atoms with E-state index < -0.39 is 76.2 Å². The summed E-state index contributed by atoms with van der Waals surface area (Å²) in [6.07, 6.45) is -7.73. The molecule has 4 N–H and O–H groups in total. The Balaban J connectivity index is 1.93. The lowest BCUT2D eigenvalue weighted by atomic mass is 9.93. The summed E-state index contributed by atoms with van der Waals surface area (Å²) < 4.78 is 66.1. The largest absolute Gasteiger partial charge is 0.416 e. The molecule has 0 saturated carbocycles. The molecular formula is C26H25F5N4O5. The summed E-state index contributed by atoms with van der Waals surface area (Å²) >= 11 is 0. The Hall–Kier alpha value is -4.36. The number of alkyl halides is 5. The van der Waals surface area contributed by atoms with Gasteiger partial charge < -0.3 is 21.3 Å². The van der Waals surface area contributed by atoms with Crippen LogP contribution in [0.15, 0.2) is 42.5 Å². The number of hydrogen-bond donors (Lipinski definition) is 4. The van der Waals surface area contributed by atoms with Crippen molar-refractivity contribution in [1.82, 2.24) is 16.0 Å². The van der Waals surface area contributed by atoms with Crippen molar-refractivity contribution >= 4 is 35.1 Å². The van der Waals surface area contributed by atoms with Crippen LogP contribution in [0.1, 0.15) is 58.0 Å². The lowest BCUT2D eigenvalue weighted by molar-refractivity contribution is -0.139.